The molecule has 0 saturated heterocycles. The number of ether oxygens (including phenoxy) is 4. The van der Waals surface area contributed by atoms with Crippen molar-refractivity contribution in [1.29, 1.82) is 0 Å². The van der Waals surface area contributed by atoms with Crippen molar-refractivity contribution < 1.29 is 18.9 Å². The summed E-state index contributed by atoms with van der Waals surface area (Å²) in [4.78, 5) is 2.24. The second-order valence-corrected chi connectivity index (χ2v) is 6.80. The highest BCUT2D eigenvalue weighted by atomic mass is 79.9. The fourth-order valence-electron chi connectivity index (χ4n) is 2.92. The van der Waals surface area contributed by atoms with Crippen molar-refractivity contribution in [2.24, 2.45) is 0 Å². The Morgan fingerprint density at radius 2 is 1.58 bits per heavy atom. The number of halogens is 1. The van der Waals surface area contributed by atoms with E-state index < -0.39 is 0 Å². The Kier molecular flexibility index (Phi) is 4.24. The van der Waals surface area contributed by atoms with Gasteiger partial charge in [-0.05, 0) is 42.4 Å². The number of hydrogen-bond acceptors (Lipinski definition) is 5. The van der Waals surface area contributed by atoms with E-state index in [1.165, 1.54) is 11.1 Å². The molecule has 0 amide bonds. The lowest BCUT2D eigenvalue weighted by atomic mass is 10.1. The van der Waals surface area contributed by atoms with Gasteiger partial charge < -0.3 is 18.9 Å². The highest BCUT2D eigenvalue weighted by Crippen LogP contribution is 2.36. The van der Waals surface area contributed by atoms with E-state index in [2.05, 4.69) is 40.0 Å². The van der Waals surface area contributed by atoms with Gasteiger partial charge in [0.15, 0.2) is 23.0 Å². The summed E-state index contributed by atoms with van der Waals surface area (Å²) >= 11 is 3.63. The van der Waals surface area contributed by atoms with E-state index in [1.807, 2.05) is 18.2 Å². The molecule has 5 nitrogen and oxygen atoms in total. The van der Waals surface area contributed by atoms with Crippen molar-refractivity contribution in [3.63, 3.8) is 0 Å². The maximum atomic E-state index is 5.67. The van der Waals surface area contributed by atoms with Crippen LogP contribution in [0.1, 0.15) is 11.1 Å². The van der Waals surface area contributed by atoms with Crippen LogP contribution < -0.4 is 18.9 Å². The second kappa shape index (κ2) is 6.53. The van der Waals surface area contributed by atoms with Crippen LogP contribution in [0.2, 0.25) is 0 Å². The summed E-state index contributed by atoms with van der Waals surface area (Å²) in [6, 6.07) is 10.1. The van der Waals surface area contributed by atoms with Crippen LogP contribution in [0, 0.1) is 0 Å². The summed E-state index contributed by atoms with van der Waals surface area (Å²) in [6.07, 6.45) is 0. The molecule has 2 aromatic carbocycles. The van der Waals surface area contributed by atoms with E-state index in [-0.39, 0.29) is 0 Å². The summed E-state index contributed by atoms with van der Waals surface area (Å²) in [5, 5.41) is 0. The lowest BCUT2D eigenvalue weighted by Crippen LogP contribution is -2.19. The molecule has 0 spiro atoms. The molecule has 0 aromatic heterocycles. The molecule has 0 unspecified atom stereocenters. The van der Waals surface area contributed by atoms with Gasteiger partial charge in [0, 0.05) is 17.6 Å². The average molecular weight is 392 g/mol. The number of nitrogens with zero attached hydrogens (tertiary/aromatic N) is 1. The molecule has 2 heterocycles. The Morgan fingerprint density at radius 3 is 2.42 bits per heavy atom. The highest BCUT2D eigenvalue weighted by molar-refractivity contribution is 9.10. The highest BCUT2D eigenvalue weighted by Gasteiger charge is 2.17. The number of fused-ring (bicyclic) bond motifs is 2. The zero-order valence-corrected chi connectivity index (χ0v) is 15.0. The van der Waals surface area contributed by atoms with E-state index in [4.69, 9.17) is 18.9 Å². The Morgan fingerprint density at radius 1 is 0.875 bits per heavy atom. The molecule has 0 aliphatic carbocycles. The molecule has 0 bridgehead atoms. The van der Waals surface area contributed by atoms with Gasteiger partial charge in [-0.25, -0.2) is 0 Å². The zero-order valence-electron chi connectivity index (χ0n) is 13.4. The van der Waals surface area contributed by atoms with E-state index in [0.29, 0.717) is 20.0 Å². The van der Waals surface area contributed by atoms with Crippen molar-refractivity contribution in [1.82, 2.24) is 4.90 Å². The minimum Gasteiger partial charge on any atom is -0.486 e. The molecule has 2 aliphatic rings. The second-order valence-electron chi connectivity index (χ2n) is 5.95. The van der Waals surface area contributed by atoms with Crippen LogP contribution in [0.5, 0.6) is 23.0 Å². The van der Waals surface area contributed by atoms with Crippen molar-refractivity contribution in [3.05, 3.63) is 45.9 Å². The van der Waals surface area contributed by atoms with Crippen LogP contribution in [0.4, 0.5) is 0 Å². The van der Waals surface area contributed by atoms with Gasteiger partial charge in [-0.1, -0.05) is 22.0 Å². The molecule has 0 atom stereocenters. The summed E-state index contributed by atoms with van der Waals surface area (Å²) in [6.45, 7) is 3.12. The Hall–Kier alpha value is -1.92. The number of hydrogen-bond donors (Lipinski definition) is 0. The first kappa shape index (κ1) is 15.6. The van der Waals surface area contributed by atoms with Gasteiger partial charge in [0.1, 0.15) is 13.2 Å². The van der Waals surface area contributed by atoms with Gasteiger partial charge in [-0.2, -0.15) is 0 Å². The van der Waals surface area contributed by atoms with Crippen LogP contribution in [0.25, 0.3) is 0 Å². The quantitative estimate of drug-likeness (QED) is 0.796. The van der Waals surface area contributed by atoms with Crippen LogP contribution in [0.15, 0.2) is 34.8 Å². The van der Waals surface area contributed by atoms with Gasteiger partial charge in [0.05, 0.1) is 0 Å². The Balaban J connectivity index is 1.47. The predicted molar refractivity (Wildman–Crippen MR) is 92.9 cm³/mol. The van der Waals surface area contributed by atoms with Crippen LogP contribution >= 0.6 is 15.9 Å². The van der Waals surface area contributed by atoms with E-state index in [9.17, 15) is 0 Å². The third kappa shape index (κ3) is 3.16. The summed E-state index contributed by atoms with van der Waals surface area (Å²) in [5.74, 6) is 3.25. The normalized spacial score (nSPS) is 15.0. The van der Waals surface area contributed by atoms with Crippen molar-refractivity contribution in [2.75, 3.05) is 27.1 Å². The van der Waals surface area contributed by atoms with Crippen LogP contribution in [-0.2, 0) is 13.1 Å². The number of rotatable bonds is 4. The Bertz CT molecular complexity index is 765. The lowest BCUT2D eigenvalue weighted by Gasteiger charge is -2.22. The SMILES string of the molecule is CN(Cc1ccc2c(c1)OCO2)Cc1cc2c(cc1Br)OCCO2. The van der Waals surface area contributed by atoms with E-state index in [1.54, 1.807) is 0 Å². The third-order valence-electron chi connectivity index (χ3n) is 4.04. The summed E-state index contributed by atoms with van der Waals surface area (Å²) in [7, 11) is 2.09. The van der Waals surface area contributed by atoms with Crippen LogP contribution in [-0.4, -0.2) is 32.0 Å². The van der Waals surface area contributed by atoms with Crippen LogP contribution in [0.3, 0.4) is 0 Å². The van der Waals surface area contributed by atoms with Gasteiger partial charge in [-0.3, -0.25) is 4.90 Å². The molecule has 6 heteroatoms. The standard InChI is InChI=1S/C18H18BrNO4/c1-20(9-12-2-3-15-16(6-12)24-11-23-15)10-13-7-17-18(8-14(13)19)22-5-4-21-17/h2-3,6-8H,4-5,9-11H2,1H3. The molecule has 0 radical (unpaired) electrons. The smallest absolute Gasteiger partial charge is 0.231 e. The van der Waals surface area contributed by atoms with Crippen molar-refractivity contribution in [2.45, 2.75) is 13.1 Å². The molecule has 2 aromatic rings. The summed E-state index contributed by atoms with van der Waals surface area (Å²) < 4.78 is 23.1. The first-order chi connectivity index (χ1) is 11.7. The third-order valence-corrected chi connectivity index (χ3v) is 4.78. The average Bonchev–Trinajstić information content (AvgIpc) is 3.03. The molecule has 0 fully saturated rings. The Labute approximate surface area is 149 Å². The summed E-state index contributed by atoms with van der Waals surface area (Å²) in [5.41, 5.74) is 2.36. The lowest BCUT2D eigenvalue weighted by molar-refractivity contribution is 0.171. The molecule has 24 heavy (non-hydrogen) atoms. The van der Waals surface area contributed by atoms with Gasteiger partial charge >= 0.3 is 0 Å². The first-order valence-electron chi connectivity index (χ1n) is 7.84. The maximum absolute atomic E-state index is 5.67. The minimum absolute atomic E-state index is 0.304. The van der Waals surface area contributed by atoms with Gasteiger partial charge in [-0.15, -0.1) is 0 Å². The predicted octanol–water partition coefficient (Wildman–Crippen LogP) is 3.58. The monoisotopic (exact) mass is 391 g/mol. The topological polar surface area (TPSA) is 40.2 Å². The van der Waals surface area contributed by atoms with E-state index in [0.717, 1.165) is 40.6 Å². The maximum Gasteiger partial charge on any atom is 0.231 e. The van der Waals surface area contributed by atoms with Crippen molar-refractivity contribution >= 4 is 15.9 Å². The molecular weight excluding hydrogens is 374 g/mol. The van der Waals surface area contributed by atoms with Crippen molar-refractivity contribution in [3.8, 4) is 23.0 Å². The van der Waals surface area contributed by atoms with Gasteiger partial charge in [0.25, 0.3) is 0 Å². The molecule has 2 aliphatic heterocycles. The molecule has 0 N–H and O–H groups in total. The largest absolute Gasteiger partial charge is 0.486 e. The van der Waals surface area contributed by atoms with E-state index >= 15 is 0 Å². The first-order valence-corrected chi connectivity index (χ1v) is 8.63. The fraction of sp³-hybridized carbons (Fsp3) is 0.333. The molecule has 4 rings (SSSR count). The number of benzene rings is 2. The molecule has 0 saturated carbocycles. The molecular formula is C18H18BrNO4. The molecule has 126 valence electrons. The minimum atomic E-state index is 0.304. The zero-order chi connectivity index (χ0) is 16.5. The fourth-order valence-corrected chi connectivity index (χ4v) is 3.37. The van der Waals surface area contributed by atoms with Gasteiger partial charge in [0.2, 0.25) is 6.79 Å².